The number of unbranched alkanes of at least 4 members (excludes halogenated alkanes) is 27. The highest BCUT2D eigenvalue weighted by atomic mass is 31.2. The van der Waals surface area contributed by atoms with E-state index >= 15 is 0 Å². The van der Waals surface area contributed by atoms with E-state index in [-0.39, 0.29) is 31.3 Å². The van der Waals surface area contributed by atoms with Gasteiger partial charge in [-0.1, -0.05) is 230 Å². The minimum absolute atomic E-state index is 0.0326. The molecule has 3 atom stereocenters. The summed E-state index contributed by atoms with van der Waals surface area (Å²) in [6.45, 7) is 6.77. The normalized spacial score (nSPS) is 14.2. The number of quaternary nitrogens is 1. The van der Waals surface area contributed by atoms with Gasteiger partial charge in [0.25, 0.3) is 7.82 Å². The molecule has 402 valence electrons. The number of allylic oxidation sites excluding steroid dienone is 9. The van der Waals surface area contributed by atoms with E-state index in [0.29, 0.717) is 17.4 Å². The summed E-state index contributed by atoms with van der Waals surface area (Å²) >= 11 is 0. The number of carbonyl (C=O) groups excluding carboxylic acids is 2. The second kappa shape index (κ2) is 49.3. The molecule has 0 aliphatic heterocycles. The van der Waals surface area contributed by atoms with E-state index < -0.39 is 26.6 Å². The zero-order valence-corrected chi connectivity index (χ0v) is 46.7. The van der Waals surface area contributed by atoms with Crippen LogP contribution in [0.25, 0.3) is 0 Å². The molecule has 0 aliphatic rings. The Labute approximate surface area is 426 Å². The second-order valence-corrected chi connectivity index (χ2v) is 21.9. The third-order valence-electron chi connectivity index (χ3n) is 12.5. The van der Waals surface area contributed by atoms with E-state index in [2.05, 4.69) is 74.7 Å². The van der Waals surface area contributed by atoms with Crippen LogP contribution in [0.15, 0.2) is 60.8 Å². The van der Waals surface area contributed by atoms with Crippen LogP contribution in [0.5, 0.6) is 0 Å². The van der Waals surface area contributed by atoms with Crippen LogP contribution in [0, 0.1) is 0 Å². The summed E-state index contributed by atoms with van der Waals surface area (Å²) in [5.74, 6) is -0.603. The Morgan fingerprint density at radius 1 is 0.507 bits per heavy atom. The fourth-order valence-electron chi connectivity index (χ4n) is 7.98. The van der Waals surface area contributed by atoms with Gasteiger partial charge < -0.3 is 28.5 Å². The minimum Gasteiger partial charge on any atom is -0.756 e. The van der Waals surface area contributed by atoms with Crippen LogP contribution in [0.3, 0.4) is 0 Å². The quantitative estimate of drug-likeness (QED) is 0.0212. The van der Waals surface area contributed by atoms with Gasteiger partial charge in [0.15, 0.2) is 0 Å². The molecule has 0 saturated heterocycles. The van der Waals surface area contributed by atoms with E-state index in [1.807, 2.05) is 33.3 Å². The van der Waals surface area contributed by atoms with Crippen molar-refractivity contribution in [3.05, 3.63) is 60.8 Å². The van der Waals surface area contributed by atoms with E-state index in [0.717, 1.165) is 64.2 Å². The lowest BCUT2D eigenvalue weighted by Crippen LogP contribution is -2.47. The van der Waals surface area contributed by atoms with E-state index in [4.69, 9.17) is 13.8 Å². The highest BCUT2D eigenvalue weighted by Crippen LogP contribution is 2.38. The molecule has 0 spiro atoms. The molecule has 0 aromatic heterocycles. The third-order valence-corrected chi connectivity index (χ3v) is 13.4. The lowest BCUT2D eigenvalue weighted by atomic mass is 10.0. The average molecular weight is 990 g/mol. The monoisotopic (exact) mass is 989 g/mol. The van der Waals surface area contributed by atoms with Crippen molar-refractivity contribution in [1.82, 2.24) is 5.32 Å². The van der Waals surface area contributed by atoms with Crippen LogP contribution in [-0.2, 0) is 27.9 Å². The van der Waals surface area contributed by atoms with Crippen LogP contribution >= 0.6 is 7.82 Å². The van der Waals surface area contributed by atoms with Gasteiger partial charge in [-0.25, -0.2) is 0 Å². The zero-order valence-electron chi connectivity index (χ0n) is 45.8. The fraction of sp³-hybridized carbons (Fsp3) is 0.797. The maximum absolute atomic E-state index is 13.4. The lowest BCUT2D eigenvalue weighted by molar-refractivity contribution is -0.870. The van der Waals surface area contributed by atoms with Crippen LogP contribution in [0.2, 0.25) is 0 Å². The van der Waals surface area contributed by atoms with E-state index in [1.54, 1.807) is 0 Å². The maximum Gasteiger partial charge on any atom is 0.306 e. The number of phosphoric acid groups is 1. The Kier molecular flexibility index (Phi) is 47.7. The molecule has 0 aromatic rings. The molecule has 1 amide bonds. The van der Waals surface area contributed by atoms with Crippen molar-refractivity contribution in [2.24, 2.45) is 0 Å². The predicted octanol–water partition coefficient (Wildman–Crippen LogP) is 16.5. The molecule has 69 heavy (non-hydrogen) atoms. The first kappa shape index (κ1) is 66.7. The molecule has 0 aliphatic carbocycles. The highest BCUT2D eigenvalue weighted by molar-refractivity contribution is 7.45. The number of nitrogens with zero attached hydrogens (tertiary/aromatic N) is 1. The fourth-order valence-corrected chi connectivity index (χ4v) is 8.71. The summed E-state index contributed by atoms with van der Waals surface area (Å²) in [5, 5.41) is 2.98. The summed E-state index contributed by atoms with van der Waals surface area (Å²) in [6.07, 6.45) is 60.5. The number of phosphoric ester groups is 1. The van der Waals surface area contributed by atoms with Crippen molar-refractivity contribution in [1.29, 1.82) is 0 Å². The second-order valence-electron chi connectivity index (χ2n) is 20.4. The van der Waals surface area contributed by atoms with Gasteiger partial charge in [0, 0.05) is 12.8 Å². The Morgan fingerprint density at radius 2 is 0.899 bits per heavy atom. The highest BCUT2D eigenvalue weighted by Gasteiger charge is 2.27. The standard InChI is InChI=1S/C59H109N2O7P/c1-7-10-13-16-19-22-25-27-29-30-32-33-36-39-42-45-48-51-58(62)60-56(55-67-69(64,65)66-54-53-61(4,5)6)57(50-47-44-41-38-35-24-21-18-15-12-9-3)68-59(63)52-49-46-43-40-37-34-31-28-26-23-20-17-14-11-8-2/h19,22,27,29,32-33,39,42,47,50,56-57H,7-18,20-21,23-26,28,30-31,34-38,40-41,43-46,48-49,51-55H2,1-6H3,(H-,60,62,64,65)/b22-19-,29-27-,33-32-,42-39-,50-47+. The minimum atomic E-state index is -4.71. The molecule has 0 fully saturated rings. The topological polar surface area (TPSA) is 114 Å². The number of likely N-dealkylation sites (N-methyl/N-ethyl adjacent to an activating group) is 1. The number of amides is 1. The smallest absolute Gasteiger partial charge is 0.306 e. The number of esters is 1. The van der Waals surface area contributed by atoms with Gasteiger partial charge >= 0.3 is 5.97 Å². The Bertz CT molecular complexity index is 1370. The summed E-state index contributed by atoms with van der Waals surface area (Å²) in [4.78, 5) is 39.8. The van der Waals surface area contributed by atoms with Crippen molar-refractivity contribution in [3.8, 4) is 0 Å². The van der Waals surface area contributed by atoms with Gasteiger partial charge in [0.1, 0.15) is 19.3 Å². The maximum atomic E-state index is 13.4. The van der Waals surface area contributed by atoms with Crippen molar-refractivity contribution in [3.63, 3.8) is 0 Å². The summed E-state index contributed by atoms with van der Waals surface area (Å²) in [7, 11) is 1.15. The number of nitrogens with one attached hydrogen (secondary N) is 1. The number of hydrogen-bond acceptors (Lipinski definition) is 7. The summed E-state index contributed by atoms with van der Waals surface area (Å²) < 4.78 is 30.2. The number of hydrogen-bond donors (Lipinski definition) is 1. The Morgan fingerprint density at radius 3 is 1.38 bits per heavy atom. The molecule has 0 saturated carbocycles. The number of carbonyl (C=O) groups is 2. The van der Waals surface area contributed by atoms with Crippen molar-refractivity contribution in [2.45, 2.75) is 264 Å². The number of ether oxygens (including phenoxy) is 1. The van der Waals surface area contributed by atoms with Gasteiger partial charge in [-0.3, -0.25) is 14.2 Å². The predicted molar refractivity (Wildman–Crippen MR) is 293 cm³/mol. The van der Waals surface area contributed by atoms with Gasteiger partial charge in [-0.05, 0) is 70.3 Å². The van der Waals surface area contributed by atoms with Gasteiger partial charge in [0.2, 0.25) is 5.91 Å². The van der Waals surface area contributed by atoms with Crippen LogP contribution in [0.4, 0.5) is 0 Å². The van der Waals surface area contributed by atoms with Crippen LogP contribution in [0.1, 0.15) is 252 Å². The molecule has 0 aromatic carbocycles. The molecule has 9 nitrogen and oxygen atoms in total. The van der Waals surface area contributed by atoms with Crippen LogP contribution in [-0.4, -0.2) is 69.4 Å². The number of rotatable bonds is 51. The molecular formula is C59H109N2O7P. The molecular weight excluding hydrogens is 880 g/mol. The van der Waals surface area contributed by atoms with Crippen molar-refractivity contribution >= 4 is 19.7 Å². The molecule has 1 N–H and O–H groups in total. The zero-order chi connectivity index (χ0) is 50.8. The molecule has 10 heteroatoms. The molecule has 3 unspecified atom stereocenters. The largest absolute Gasteiger partial charge is 0.756 e. The SMILES string of the molecule is CCCCC/C=C\C/C=C\C/C=C\C/C=C\CCCC(=O)NC(COP(=O)([O-])OCC[N+](C)(C)C)C(/C=C/CCCCCCCCCCC)OC(=O)CCCCCCCCCCCCCCCCC. The molecule has 0 heterocycles. The van der Waals surface area contributed by atoms with E-state index in [1.165, 1.54) is 148 Å². The average Bonchev–Trinajstić information content (AvgIpc) is 3.31. The van der Waals surface area contributed by atoms with Crippen molar-refractivity contribution < 1.29 is 37.3 Å². The lowest BCUT2D eigenvalue weighted by Gasteiger charge is -2.30. The summed E-state index contributed by atoms with van der Waals surface area (Å²) in [6, 6.07) is -0.914. The molecule has 0 radical (unpaired) electrons. The molecule has 0 bridgehead atoms. The first-order valence-electron chi connectivity index (χ1n) is 28.6. The van der Waals surface area contributed by atoms with Gasteiger partial charge in [0.05, 0.1) is 33.8 Å². The first-order valence-corrected chi connectivity index (χ1v) is 30.1. The van der Waals surface area contributed by atoms with Crippen LogP contribution < -0.4 is 10.2 Å². The molecule has 0 rings (SSSR count). The van der Waals surface area contributed by atoms with E-state index in [9.17, 15) is 19.0 Å². The summed E-state index contributed by atoms with van der Waals surface area (Å²) in [5.41, 5.74) is 0. The van der Waals surface area contributed by atoms with Gasteiger partial charge in [-0.15, -0.1) is 0 Å². The van der Waals surface area contributed by atoms with Crippen molar-refractivity contribution in [2.75, 3.05) is 40.9 Å². The Hall–Kier alpha value is -2.29. The third kappa shape index (κ3) is 50.4. The first-order chi connectivity index (χ1) is 33.4. The Balaban J connectivity index is 5.41. The van der Waals surface area contributed by atoms with Gasteiger partial charge in [-0.2, -0.15) is 0 Å².